The molecule has 1 N–H and O–H groups in total. The molecule has 0 aromatic heterocycles. The summed E-state index contributed by atoms with van der Waals surface area (Å²) in [5.41, 5.74) is 0.453. The first-order valence-electron chi connectivity index (χ1n) is 7.96. The van der Waals surface area contributed by atoms with Crippen molar-refractivity contribution in [3.8, 4) is 0 Å². The average Bonchev–Trinajstić information content (AvgIpc) is 2.27. The van der Waals surface area contributed by atoms with Crippen LogP contribution in [0.2, 0.25) is 0 Å². The van der Waals surface area contributed by atoms with Crippen LogP contribution in [0, 0.1) is 5.92 Å². The van der Waals surface area contributed by atoms with Crippen molar-refractivity contribution in [1.29, 1.82) is 0 Å². The first-order valence-corrected chi connectivity index (χ1v) is 7.96. The maximum Gasteiger partial charge on any atom is 0.0330 e. The van der Waals surface area contributed by atoms with Gasteiger partial charge >= 0.3 is 0 Å². The monoisotopic (exact) mass is 269 g/mol. The van der Waals surface area contributed by atoms with Crippen molar-refractivity contribution in [2.45, 2.75) is 58.0 Å². The Morgan fingerprint density at radius 3 is 2.16 bits per heavy atom. The van der Waals surface area contributed by atoms with E-state index in [0.717, 1.165) is 19.0 Å². The average molecular weight is 269 g/mol. The van der Waals surface area contributed by atoms with Crippen molar-refractivity contribution >= 4 is 0 Å². The van der Waals surface area contributed by atoms with Gasteiger partial charge < -0.3 is 15.1 Å². The summed E-state index contributed by atoms with van der Waals surface area (Å²) in [6.07, 6.45) is 5.37. The van der Waals surface area contributed by atoms with Crippen LogP contribution in [0.1, 0.15) is 46.5 Å². The van der Waals surface area contributed by atoms with Gasteiger partial charge in [0.2, 0.25) is 0 Å². The molecule has 1 atom stereocenters. The number of rotatable bonds is 9. The lowest BCUT2D eigenvalue weighted by Gasteiger charge is -2.50. The zero-order chi connectivity index (χ0) is 14.5. The van der Waals surface area contributed by atoms with Gasteiger partial charge in [0.25, 0.3) is 0 Å². The molecule has 0 spiro atoms. The predicted octanol–water partition coefficient (Wildman–Crippen LogP) is 2.43. The Bertz CT molecular complexity index is 246. The maximum atomic E-state index is 3.55. The first kappa shape index (κ1) is 16.9. The summed E-state index contributed by atoms with van der Waals surface area (Å²) < 4.78 is 0. The lowest BCUT2D eigenvalue weighted by atomic mass is 9.75. The van der Waals surface area contributed by atoms with Gasteiger partial charge in [0.05, 0.1) is 0 Å². The molecule has 0 aromatic carbocycles. The van der Waals surface area contributed by atoms with Crippen LogP contribution in [0.25, 0.3) is 0 Å². The van der Waals surface area contributed by atoms with Crippen LogP contribution in [-0.4, -0.2) is 62.2 Å². The summed E-state index contributed by atoms with van der Waals surface area (Å²) in [6, 6.07) is 0.664. The number of nitrogens with one attached hydrogen (secondary N) is 1. The van der Waals surface area contributed by atoms with Crippen molar-refractivity contribution < 1.29 is 0 Å². The fraction of sp³-hybridized carbons (Fsp3) is 1.00. The molecule has 1 saturated carbocycles. The van der Waals surface area contributed by atoms with E-state index in [4.69, 9.17) is 0 Å². The minimum absolute atomic E-state index is 0.453. The minimum Gasteiger partial charge on any atom is -0.316 e. The van der Waals surface area contributed by atoms with Gasteiger partial charge in [-0.2, -0.15) is 0 Å². The Labute approximate surface area is 120 Å². The summed E-state index contributed by atoms with van der Waals surface area (Å²) >= 11 is 0. The van der Waals surface area contributed by atoms with Crippen molar-refractivity contribution in [2.75, 3.05) is 40.8 Å². The number of nitrogens with zero attached hydrogens (tertiary/aromatic N) is 2. The molecule has 0 bridgehead atoms. The second-order valence-electron chi connectivity index (χ2n) is 7.12. The van der Waals surface area contributed by atoms with E-state index in [2.05, 4.69) is 57.0 Å². The van der Waals surface area contributed by atoms with Gasteiger partial charge in [-0.15, -0.1) is 0 Å². The normalized spacial score (nSPS) is 20.1. The van der Waals surface area contributed by atoms with E-state index in [0.29, 0.717) is 11.6 Å². The van der Waals surface area contributed by atoms with Gasteiger partial charge in [0, 0.05) is 18.1 Å². The second-order valence-corrected chi connectivity index (χ2v) is 7.12. The summed E-state index contributed by atoms with van der Waals surface area (Å²) in [4.78, 5) is 4.99. The SMILES string of the molecule is CC(C)CNCCC(C)N(C)CC1(N(C)C)CCC1. The molecule has 1 unspecified atom stereocenters. The molecule has 0 radical (unpaired) electrons. The van der Waals surface area contributed by atoms with E-state index in [-0.39, 0.29) is 0 Å². The lowest BCUT2D eigenvalue weighted by Crippen LogP contribution is -2.57. The van der Waals surface area contributed by atoms with Crippen LogP contribution in [0.15, 0.2) is 0 Å². The summed E-state index contributed by atoms with van der Waals surface area (Å²) in [7, 11) is 6.76. The van der Waals surface area contributed by atoms with E-state index in [1.165, 1.54) is 32.2 Å². The largest absolute Gasteiger partial charge is 0.316 e. The molecule has 1 aliphatic carbocycles. The van der Waals surface area contributed by atoms with Gasteiger partial charge in [-0.25, -0.2) is 0 Å². The van der Waals surface area contributed by atoms with Crippen LogP contribution < -0.4 is 5.32 Å². The first-order chi connectivity index (χ1) is 8.87. The van der Waals surface area contributed by atoms with E-state index in [1.54, 1.807) is 0 Å². The molecule has 0 aromatic rings. The van der Waals surface area contributed by atoms with E-state index in [9.17, 15) is 0 Å². The Morgan fingerprint density at radius 1 is 1.11 bits per heavy atom. The molecular formula is C16H35N3. The maximum absolute atomic E-state index is 3.55. The predicted molar refractivity (Wildman–Crippen MR) is 84.7 cm³/mol. The summed E-state index contributed by atoms with van der Waals surface area (Å²) in [5, 5.41) is 3.55. The van der Waals surface area contributed by atoms with Crippen LogP contribution in [0.5, 0.6) is 0 Å². The number of likely N-dealkylation sites (N-methyl/N-ethyl adjacent to an activating group) is 2. The van der Waals surface area contributed by atoms with Crippen molar-refractivity contribution in [3.63, 3.8) is 0 Å². The molecule has 3 nitrogen and oxygen atoms in total. The minimum atomic E-state index is 0.453. The van der Waals surface area contributed by atoms with E-state index < -0.39 is 0 Å². The zero-order valence-corrected chi connectivity index (χ0v) is 14.0. The standard InChI is InChI=1S/C16H35N3/c1-14(2)12-17-11-8-15(3)19(6)13-16(18(4)5)9-7-10-16/h14-15,17H,7-13H2,1-6H3. The van der Waals surface area contributed by atoms with Gasteiger partial charge in [-0.3, -0.25) is 0 Å². The molecule has 19 heavy (non-hydrogen) atoms. The Balaban J connectivity index is 2.26. The molecule has 114 valence electrons. The van der Waals surface area contributed by atoms with Crippen molar-refractivity contribution in [2.24, 2.45) is 5.92 Å². The highest BCUT2D eigenvalue weighted by Gasteiger charge is 2.40. The van der Waals surface area contributed by atoms with Crippen LogP contribution >= 0.6 is 0 Å². The number of hydrogen-bond acceptors (Lipinski definition) is 3. The highest BCUT2D eigenvalue weighted by Crippen LogP contribution is 2.36. The molecule has 1 rings (SSSR count). The molecule has 0 aliphatic heterocycles. The topological polar surface area (TPSA) is 18.5 Å². The van der Waals surface area contributed by atoms with Crippen LogP contribution in [0.4, 0.5) is 0 Å². The molecule has 0 saturated heterocycles. The molecule has 0 heterocycles. The Morgan fingerprint density at radius 2 is 1.74 bits per heavy atom. The van der Waals surface area contributed by atoms with Gasteiger partial charge in [-0.05, 0) is 72.8 Å². The van der Waals surface area contributed by atoms with Gasteiger partial charge in [0.15, 0.2) is 0 Å². The fourth-order valence-electron chi connectivity index (χ4n) is 2.87. The van der Waals surface area contributed by atoms with Crippen LogP contribution in [-0.2, 0) is 0 Å². The van der Waals surface area contributed by atoms with E-state index in [1.807, 2.05) is 0 Å². The molecule has 0 amide bonds. The molecule has 3 heteroatoms. The van der Waals surface area contributed by atoms with Gasteiger partial charge in [0.1, 0.15) is 0 Å². The molecular weight excluding hydrogens is 234 g/mol. The van der Waals surface area contributed by atoms with E-state index >= 15 is 0 Å². The molecule has 1 fully saturated rings. The van der Waals surface area contributed by atoms with Crippen molar-refractivity contribution in [1.82, 2.24) is 15.1 Å². The molecule has 1 aliphatic rings. The Kier molecular flexibility index (Phi) is 6.78. The smallest absolute Gasteiger partial charge is 0.0330 e. The quantitative estimate of drug-likeness (QED) is 0.649. The number of hydrogen-bond donors (Lipinski definition) is 1. The summed E-state index contributed by atoms with van der Waals surface area (Å²) in [6.45, 7) is 10.4. The Hall–Kier alpha value is -0.120. The third-order valence-corrected chi connectivity index (χ3v) is 4.82. The van der Waals surface area contributed by atoms with Crippen LogP contribution in [0.3, 0.4) is 0 Å². The fourth-order valence-corrected chi connectivity index (χ4v) is 2.87. The summed E-state index contributed by atoms with van der Waals surface area (Å²) in [5.74, 6) is 0.750. The highest BCUT2D eigenvalue weighted by atomic mass is 15.2. The zero-order valence-electron chi connectivity index (χ0n) is 14.0. The van der Waals surface area contributed by atoms with Crippen molar-refractivity contribution in [3.05, 3.63) is 0 Å². The van der Waals surface area contributed by atoms with Gasteiger partial charge in [-0.1, -0.05) is 13.8 Å². The lowest BCUT2D eigenvalue weighted by molar-refractivity contribution is 0.0173. The third kappa shape index (κ3) is 5.05. The highest BCUT2D eigenvalue weighted by molar-refractivity contribution is 4.98. The third-order valence-electron chi connectivity index (χ3n) is 4.82. The second kappa shape index (κ2) is 7.61.